The van der Waals surface area contributed by atoms with Gasteiger partial charge >= 0.3 is 6.09 Å². The number of aliphatic hydroxyl groups is 1. The summed E-state index contributed by atoms with van der Waals surface area (Å²) in [4.78, 5) is 30.7. The van der Waals surface area contributed by atoms with Gasteiger partial charge in [0.2, 0.25) is 21.9 Å². The number of thiazole rings is 1. The molecule has 274 valence electrons. The maximum Gasteiger partial charge on any atom is 0.416 e. The summed E-state index contributed by atoms with van der Waals surface area (Å²) in [6, 6.07) is 18.5. The summed E-state index contributed by atoms with van der Waals surface area (Å²) >= 11 is 1.18. The molecule has 0 bridgehead atoms. The van der Waals surface area contributed by atoms with E-state index in [1.54, 1.807) is 60.7 Å². The number of carbonyl (C=O) groups is 2. The highest BCUT2D eigenvalue weighted by Crippen LogP contribution is 2.44. The molecule has 1 heterocycles. The van der Waals surface area contributed by atoms with E-state index in [-0.39, 0.29) is 9.80 Å². The fourth-order valence-electron chi connectivity index (χ4n) is 6.35. The number of alkyl halides is 4. The second-order valence-electron chi connectivity index (χ2n) is 12.6. The third-order valence-corrected chi connectivity index (χ3v) is 11.7. The van der Waals surface area contributed by atoms with Crippen molar-refractivity contribution in [1.82, 2.24) is 14.2 Å². The quantitative estimate of drug-likeness (QED) is 0.144. The normalized spacial score (nSPS) is 16.2. The Morgan fingerprint density at radius 2 is 1.67 bits per heavy atom. The van der Waals surface area contributed by atoms with Crippen molar-refractivity contribution in [3.8, 4) is 0 Å². The molecular weight excluding hydrogens is 713 g/mol. The zero-order chi connectivity index (χ0) is 37.0. The van der Waals surface area contributed by atoms with Crippen molar-refractivity contribution in [1.29, 1.82) is 0 Å². The van der Waals surface area contributed by atoms with Gasteiger partial charge in [0.25, 0.3) is 5.92 Å². The summed E-state index contributed by atoms with van der Waals surface area (Å²) in [6.45, 7) is -2.79. The average Bonchev–Trinajstić information content (AvgIpc) is 3.58. The van der Waals surface area contributed by atoms with Crippen LogP contribution in [0.2, 0.25) is 0 Å². The molecule has 1 fully saturated rings. The van der Waals surface area contributed by atoms with Crippen LogP contribution in [0.25, 0.3) is 10.2 Å². The molecular formula is C35H38F4N4O6S2. The fraction of sp³-hybridized carbons (Fsp3) is 0.400. The monoisotopic (exact) mass is 750 g/mol. The van der Waals surface area contributed by atoms with Crippen molar-refractivity contribution in [2.75, 3.05) is 26.8 Å². The molecule has 0 unspecified atom stereocenters. The number of rotatable bonds is 15. The van der Waals surface area contributed by atoms with Crippen LogP contribution in [0.3, 0.4) is 0 Å². The molecule has 1 aliphatic rings. The SMILES string of the molecule is COC(=O)N(CC(F)(F)CC[C@@H](CO)N(CC1CC(F)(F)C1)S(=O)(=O)c1ccc2ncsc2c1)C(=O)[C@@H](N)C(c1ccccc1)c1ccccc1. The van der Waals surface area contributed by atoms with Crippen LogP contribution in [0.4, 0.5) is 22.4 Å². The van der Waals surface area contributed by atoms with Gasteiger partial charge in [-0.25, -0.2) is 40.7 Å². The van der Waals surface area contributed by atoms with E-state index in [9.17, 15) is 31.9 Å². The first-order chi connectivity index (χ1) is 24.2. The van der Waals surface area contributed by atoms with E-state index in [2.05, 4.69) is 9.72 Å². The van der Waals surface area contributed by atoms with E-state index in [4.69, 9.17) is 5.73 Å². The largest absolute Gasteiger partial charge is 0.452 e. The van der Waals surface area contributed by atoms with Crippen molar-refractivity contribution in [2.24, 2.45) is 11.7 Å². The van der Waals surface area contributed by atoms with E-state index in [0.717, 1.165) is 11.4 Å². The zero-order valence-electron chi connectivity index (χ0n) is 27.6. The maximum atomic E-state index is 15.8. The molecule has 4 aromatic rings. The number of aliphatic hydroxyl groups excluding tert-OH is 1. The van der Waals surface area contributed by atoms with E-state index in [1.807, 2.05) is 0 Å². The second-order valence-corrected chi connectivity index (χ2v) is 15.4. The number of nitrogens with zero attached hydrogens (tertiary/aromatic N) is 3. The highest BCUT2D eigenvalue weighted by Gasteiger charge is 2.48. The number of sulfonamides is 1. The zero-order valence-corrected chi connectivity index (χ0v) is 29.2. The minimum atomic E-state index is -4.48. The smallest absolute Gasteiger partial charge is 0.416 e. The van der Waals surface area contributed by atoms with E-state index >= 15 is 8.78 Å². The second kappa shape index (κ2) is 15.7. The Hall–Kier alpha value is -3.96. The standard InChI is InChI=1S/C35H38F4N4O6S2/c1-49-33(46)42(32(45)31(40)30(24-8-4-2-5-9-24)25-10-6-3-7-11-25)21-34(36,37)15-14-26(20-44)43(19-23-17-35(38,39)18-23)51(47,48)27-12-13-28-29(16-27)50-22-41-28/h2-13,16,22-23,26,30-31,44H,14-15,17-21,40H2,1H3/t26-,31-/m0/s1. The van der Waals surface area contributed by atoms with Crippen molar-refractivity contribution in [2.45, 2.75) is 60.4 Å². The number of aromatic nitrogens is 1. The number of imide groups is 1. The van der Waals surface area contributed by atoms with E-state index in [1.165, 1.54) is 35.0 Å². The summed E-state index contributed by atoms with van der Waals surface area (Å²) in [6.07, 6.45) is -4.28. The Bertz CT molecular complexity index is 1870. The molecule has 0 saturated heterocycles. The van der Waals surface area contributed by atoms with Crippen molar-refractivity contribution >= 4 is 43.6 Å². The Labute approximate surface area is 296 Å². The molecule has 10 nitrogen and oxygen atoms in total. The summed E-state index contributed by atoms with van der Waals surface area (Å²) in [5.41, 5.74) is 9.69. The lowest BCUT2D eigenvalue weighted by Gasteiger charge is -2.40. The van der Waals surface area contributed by atoms with Crippen LogP contribution in [-0.4, -0.2) is 90.4 Å². The van der Waals surface area contributed by atoms with Gasteiger partial charge in [-0.1, -0.05) is 60.7 Å². The fourth-order valence-corrected chi connectivity index (χ4v) is 8.89. The molecule has 5 rings (SSSR count). The molecule has 16 heteroatoms. The lowest BCUT2D eigenvalue weighted by Crippen LogP contribution is -2.53. The van der Waals surface area contributed by atoms with Gasteiger partial charge in [-0.15, -0.1) is 11.3 Å². The third kappa shape index (κ3) is 8.92. The van der Waals surface area contributed by atoms with Gasteiger partial charge in [-0.3, -0.25) is 4.79 Å². The first-order valence-electron chi connectivity index (χ1n) is 16.1. The van der Waals surface area contributed by atoms with Gasteiger partial charge in [0.05, 0.1) is 46.9 Å². The van der Waals surface area contributed by atoms with Gasteiger partial charge in [-0.05, 0) is 41.7 Å². The Morgan fingerprint density at radius 1 is 1.06 bits per heavy atom. The number of hydrogen-bond donors (Lipinski definition) is 2. The molecule has 0 aliphatic heterocycles. The van der Waals surface area contributed by atoms with Crippen LogP contribution < -0.4 is 5.73 Å². The molecule has 3 N–H and O–H groups in total. The lowest BCUT2D eigenvalue weighted by atomic mass is 9.81. The number of amides is 2. The molecule has 2 amide bonds. The number of halogens is 4. The van der Waals surface area contributed by atoms with Gasteiger partial charge < -0.3 is 15.6 Å². The van der Waals surface area contributed by atoms with Gasteiger partial charge in [-0.2, -0.15) is 4.31 Å². The van der Waals surface area contributed by atoms with Crippen molar-refractivity contribution in [3.63, 3.8) is 0 Å². The molecule has 1 aromatic heterocycles. The van der Waals surface area contributed by atoms with Gasteiger partial charge in [0.15, 0.2) is 0 Å². The number of nitrogens with two attached hydrogens (primary N) is 1. The maximum absolute atomic E-state index is 15.8. The van der Waals surface area contributed by atoms with Gasteiger partial charge in [0, 0.05) is 37.8 Å². The Balaban J connectivity index is 1.37. The summed E-state index contributed by atoms with van der Waals surface area (Å²) in [5.74, 6) is -9.51. The summed E-state index contributed by atoms with van der Waals surface area (Å²) in [7, 11) is -3.55. The topological polar surface area (TPSA) is 143 Å². The van der Waals surface area contributed by atoms with Crippen LogP contribution in [0.1, 0.15) is 42.7 Å². The number of fused-ring (bicyclic) bond motifs is 1. The molecule has 1 aliphatic carbocycles. The van der Waals surface area contributed by atoms with Crippen molar-refractivity contribution in [3.05, 3.63) is 95.5 Å². The van der Waals surface area contributed by atoms with Crippen LogP contribution in [0, 0.1) is 5.92 Å². The summed E-state index contributed by atoms with van der Waals surface area (Å²) in [5, 5.41) is 10.3. The summed E-state index contributed by atoms with van der Waals surface area (Å²) < 4.78 is 93.0. The van der Waals surface area contributed by atoms with Crippen molar-refractivity contribution < 1.29 is 45.4 Å². The number of methoxy groups -OCH3 is 1. The molecule has 51 heavy (non-hydrogen) atoms. The first kappa shape index (κ1) is 38.3. The average molecular weight is 751 g/mol. The van der Waals surface area contributed by atoms with Crippen LogP contribution in [-0.2, 0) is 19.6 Å². The van der Waals surface area contributed by atoms with Crippen LogP contribution in [0.5, 0.6) is 0 Å². The number of ether oxygens (including phenoxy) is 1. The third-order valence-electron chi connectivity index (χ3n) is 9.00. The minimum absolute atomic E-state index is 0.210. The molecule has 3 aromatic carbocycles. The molecule has 0 radical (unpaired) electrons. The van der Waals surface area contributed by atoms with Gasteiger partial charge in [0.1, 0.15) is 0 Å². The molecule has 1 saturated carbocycles. The minimum Gasteiger partial charge on any atom is -0.452 e. The predicted octanol–water partition coefficient (Wildman–Crippen LogP) is 5.86. The highest BCUT2D eigenvalue weighted by atomic mass is 32.2. The van der Waals surface area contributed by atoms with Crippen LogP contribution >= 0.6 is 11.3 Å². The Morgan fingerprint density at radius 3 is 2.22 bits per heavy atom. The number of hydrogen-bond acceptors (Lipinski definition) is 9. The van der Waals surface area contributed by atoms with E-state index < -0.39 is 103 Å². The van der Waals surface area contributed by atoms with E-state index in [0.29, 0.717) is 21.3 Å². The van der Waals surface area contributed by atoms with Crippen LogP contribution in [0.15, 0.2) is 89.3 Å². The number of benzene rings is 3. The highest BCUT2D eigenvalue weighted by molar-refractivity contribution is 7.89. The lowest BCUT2D eigenvalue weighted by molar-refractivity contribution is -0.136. The first-order valence-corrected chi connectivity index (χ1v) is 18.4. The molecule has 0 spiro atoms. The molecule has 2 atom stereocenters. The predicted molar refractivity (Wildman–Crippen MR) is 183 cm³/mol. The number of carbonyl (C=O) groups excluding carboxylic acids is 2. The Kier molecular flexibility index (Phi) is 11.8.